The zero-order valence-corrected chi connectivity index (χ0v) is 13.3. The van der Waals surface area contributed by atoms with Crippen LogP contribution in [-0.2, 0) is 16.0 Å². The van der Waals surface area contributed by atoms with E-state index in [9.17, 15) is 19.1 Å². The van der Waals surface area contributed by atoms with Crippen molar-refractivity contribution in [3.05, 3.63) is 77.3 Å². The topological polar surface area (TPSA) is 78.4 Å². The lowest BCUT2D eigenvalue weighted by Gasteiger charge is -2.10. The molecule has 0 aromatic heterocycles. The van der Waals surface area contributed by atoms with E-state index in [-0.39, 0.29) is 11.3 Å². The Hall–Kier alpha value is -3.15. The fourth-order valence-corrected chi connectivity index (χ4v) is 2.70. The molecule has 3 rings (SSSR count). The number of aryl methyl sites for hydroxylation is 1. The molecule has 6 heteroatoms. The molecule has 1 aliphatic heterocycles. The molecule has 0 aliphatic carbocycles. The first-order valence-electron chi connectivity index (χ1n) is 7.89. The predicted octanol–water partition coefficient (Wildman–Crippen LogP) is 2.71. The number of benzene rings is 2. The molecule has 1 unspecified atom stereocenters. The number of hydrogen-bond acceptors (Lipinski definition) is 3. The highest BCUT2D eigenvalue weighted by Gasteiger charge is 2.35. The zero-order chi connectivity index (χ0) is 17.8. The predicted molar refractivity (Wildman–Crippen MR) is 91.4 cm³/mol. The largest absolute Gasteiger partial charge is 0.509 e. The van der Waals surface area contributed by atoms with Crippen LogP contribution in [0.2, 0.25) is 0 Å². The van der Waals surface area contributed by atoms with Crippen molar-refractivity contribution in [2.45, 2.75) is 18.9 Å². The van der Waals surface area contributed by atoms with Crippen LogP contribution in [0, 0.1) is 5.82 Å². The van der Waals surface area contributed by atoms with Crippen molar-refractivity contribution in [1.29, 1.82) is 0 Å². The van der Waals surface area contributed by atoms with Crippen molar-refractivity contribution >= 4 is 17.5 Å². The molecule has 5 nitrogen and oxygen atoms in total. The van der Waals surface area contributed by atoms with E-state index in [0.717, 1.165) is 5.56 Å². The average Bonchev–Trinajstić information content (AvgIpc) is 2.90. The second kappa shape index (κ2) is 7.17. The van der Waals surface area contributed by atoms with Gasteiger partial charge in [-0.25, -0.2) is 4.39 Å². The van der Waals surface area contributed by atoms with Crippen LogP contribution in [0.3, 0.4) is 0 Å². The van der Waals surface area contributed by atoms with Gasteiger partial charge in [-0.3, -0.25) is 9.59 Å². The minimum absolute atomic E-state index is 0.263. The summed E-state index contributed by atoms with van der Waals surface area (Å²) >= 11 is 0. The van der Waals surface area contributed by atoms with Crippen LogP contribution >= 0.6 is 0 Å². The van der Waals surface area contributed by atoms with E-state index in [1.54, 1.807) is 0 Å². The number of amides is 2. The molecule has 0 saturated heterocycles. The van der Waals surface area contributed by atoms with E-state index in [2.05, 4.69) is 10.6 Å². The fraction of sp³-hybridized carbons (Fsp3) is 0.158. The first-order chi connectivity index (χ1) is 12.0. The lowest BCUT2D eigenvalue weighted by Crippen LogP contribution is -2.30. The van der Waals surface area contributed by atoms with Crippen LogP contribution in [-0.4, -0.2) is 23.0 Å². The zero-order valence-electron chi connectivity index (χ0n) is 13.3. The molecule has 2 amide bonds. The summed E-state index contributed by atoms with van der Waals surface area (Å²) in [5, 5.41) is 15.4. The van der Waals surface area contributed by atoms with Crippen molar-refractivity contribution < 1.29 is 19.1 Å². The average molecular weight is 340 g/mol. The van der Waals surface area contributed by atoms with Gasteiger partial charge in [-0.2, -0.15) is 0 Å². The Morgan fingerprint density at radius 2 is 1.80 bits per heavy atom. The van der Waals surface area contributed by atoms with Crippen molar-refractivity contribution in [3.8, 4) is 0 Å². The minimum Gasteiger partial charge on any atom is -0.509 e. The Kier molecular flexibility index (Phi) is 4.79. The van der Waals surface area contributed by atoms with Gasteiger partial charge < -0.3 is 15.7 Å². The SMILES string of the molecule is O=C(Nc1ccc(F)cc1)C1=C(O)C(CCc2ccccc2)NC1=O. The molecule has 0 bridgehead atoms. The first kappa shape index (κ1) is 16.7. The van der Waals surface area contributed by atoms with E-state index in [1.165, 1.54) is 24.3 Å². The quantitative estimate of drug-likeness (QED) is 0.732. The lowest BCUT2D eigenvalue weighted by atomic mass is 10.0. The Morgan fingerprint density at radius 3 is 2.48 bits per heavy atom. The molecule has 128 valence electrons. The molecular weight excluding hydrogens is 323 g/mol. The van der Waals surface area contributed by atoms with Crippen molar-refractivity contribution in [2.24, 2.45) is 0 Å². The Balaban J connectivity index is 1.68. The van der Waals surface area contributed by atoms with Gasteiger partial charge >= 0.3 is 0 Å². The van der Waals surface area contributed by atoms with Crippen molar-refractivity contribution in [3.63, 3.8) is 0 Å². The Bertz CT molecular complexity index is 816. The summed E-state index contributed by atoms with van der Waals surface area (Å²) in [6, 6.07) is 14.2. The molecule has 0 radical (unpaired) electrons. The minimum atomic E-state index is -0.719. The second-order valence-corrected chi connectivity index (χ2v) is 5.77. The van der Waals surface area contributed by atoms with Crippen LogP contribution in [0.1, 0.15) is 12.0 Å². The van der Waals surface area contributed by atoms with Gasteiger partial charge in [0, 0.05) is 5.69 Å². The first-order valence-corrected chi connectivity index (χ1v) is 7.89. The Labute approximate surface area is 144 Å². The third-order valence-electron chi connectivity index (χ3n) is 4.01. The maximum absolute atomic E-state index is 12.9. The highest BCUT2D eigenvalue weighted by molar-refractivity contribution is 6.24. The van der Waals surface area contributed by atoms with E-state index < -0.39 is 23.7 Å². The summed E-state index contributed by atoms with van der Waals surface area (Å²) in [4.78, 5) is 24.3. The molecule has 2 aromatic rings. The monoisotopic (exact) mass is 340 g/mol. The Morgan fingerprint density at radius 1 is 1.12 bits per heavy atom. The van der Waals surface area contributed by atoms with Gasteiger partial charge in [0.15, 0.2) is 0 Å². The van der Waals surface area contributed by atoms with E-state index in [0.29, 0.717) is 18.5 Å². The van der Waals surface area contributed by atoms with Crippen LogP contribution in [0.4, 0.5) is 10.1 Å². The second-order valence-electron chi connectivity index (χ2n) is 5.77. The van der Waals surface area contributed by atoms with Gasteiger partial charge in [0.05, 0.1) is 6.04 Å². The van der Waals surface area contributed by atoms with E-state index >= 15 is 0 Å². The van der Waals surface area contributed by atoms with Crippen molar-refractivity contribution in [2.75, 3.05) is 5.32 Å². The number of anilines is 1. The maximum Gasteiger partial charge on any atom is 0.264 e. The number of carbonyl (C=O) groups excluding carboxylic acids is 2. The van der Waals surface area contributed by atoms with Crippen LogP contribution in [0.25, 0.3) is 0 Å². The highest BCUT2D eigenvalue weighted by Crippen LogP contribution is 2.21. The number of aliphatic hydroxyl groups is 1. The lowest BCUT2D eigenvalue weighted by molar-refractivity contribution is -0.120. The molecular formula is C19H17FN2O3. The number of carbonyl (C=O) groups is 2. The van der Waals surface area contributed by atoms with Crippen molar-refractivity contribution in [1.82, 2.24) is 5.32 Å². The van der Waals surface area contributed by atoms with E-state index in [1.807, 2.05) is 30.3 Å². The number of aliphatic hydroxyl groups excluding tert-OH is 1. The van der Waals surface area contributed by atoms with Gasteiger partial charge in [0.2, 0.25) is 0 Å². The van der Waals surface area contributed by atoms with Gasteiger partial charge in [0.25, 0.3) is 11.8 Å². The number of nitrogens with one attached hydrogen (secondary N) is 2. The molecule has 25 heavy (non-hydrogen) atoms. The summed E-state index contributed by atoms with van der Waals surface area (Å²) in [5.74, 6) is -2.03. The van der Waals surface area contributed by atoms with Gasteiger partial charge in [0.1, 0.15) is 17.1 Å². The normalized spacial score (nSPS) is 16.7. The summed E-state index contributed by atoms with van der Waals surface area (Å²) in [7, 11) is 0. The van der Waals surface area contributed by atoms with Gasteiger partial charge in [-0.1, -0.05) is 30.3 Å². The molecule has 3 N–H and O–H groups in total. The summed E-state index contributed by atoms with van der Waals surface area (Å²) < 4.78 is 12.9. The van der Waals surface area contributed by atoms with Crippen LogP contribution < -0.4 is 10.6 Å². The third-order valence-corrected chi connectivity index (χ3v) is 4.01. The molecule has 1 aliphatic rings. The molecule has 1 heterocycles. The molecule has 0 spiro atoms. The molecule has 1 atom stereocenters. The van der Waals surface area contributed by atoms with Gasteiger partial charge in [-0.15, -0.1) is 0 Å². The molecule has 2 aromatic carbocycles. The van der Waals surface area contributed by atoms with Crippen LogP contribution in [0.15, 0.2) is 65.9 Å². The molecule has 0 saturated carbocycles. The summed E-state index contributed by atoms with van der Waals surface area (Å²) in [6.45, 7) is 0. The number of hydrogen-bond donors (Lipinski definition) is 3. The highest BCUT2D eigenvalue weighted by atomic mass is 19.1. The maximum atomic E-state index is 12.9. The smallest absolute Gasteiger partial charge is 0.264 e. The van der Waals surface area contributed by atoms with E-state index in [4.69, 9.17) is 0 Å². The summed E-state index contributed by atoms with van der Waals surface area (Å²) in [6.07, 6.45) is 1.14. The third kappa shape index (κ3) is 3.85. The number of halogens is 1. The molecule has 0 fully saturated rings. The standard InChI is InChI=1S/C19H17FN2O3/c20-13-7-9-14(10-8-13)21-18(24)16-17(23)15(22-19(16)25)11-6-12-4-2-1-3-5-12/h1-5,7-10,15,23H,6,11H2,(H,21,24)(H,22,25). The van der Waals surface area contributed by atoms with Gasteiger partial charge in [-0.05, 0) is 42.7 Å². The fourth-order valence-electron chi connectivity index (χ4n) is 2.70. The van der Waals surface area contributed by atoms with Crippen LogP contribution in [0.5, 0.6) is 0 Å². The summed E-state index contributed by atoms with van der Waals surface area (Å²) in [5.41, 5.74) is 1.11. The number of rotatable bonds is 5.